The Hall–Kier alpha value is -1.88. The van der Waals surface area contributed by atoms with Crippen LogP contribution in [-0.2, 0) is 4.79 Å². The molecule has 0 radical (unpaired) electrons. The van der Waals surface area contributed by atoms with Gasteiger partial charge in [0.25, 0.3) is 5.91 Å². The van der Waals surface area contributed by atoms with Crippen LogP contribution in [0.3, 0.4) is 0 Å². The molecule has 0 bridgehead atoms. The Morgan fingerprint density at radius 3 is 2.59 bits per heavy atom. The van der Waals surface area contributed by atoms with Gasteiger partial charge in [-0.25, -0.2) is 0 Å². The summed E-state index contributed by atoms with van der Waals surface area (Å²) in [5.74, 6) is -0.225. The predicted molar refractivity (Wildman–Crippen MR) is 67.0 cm³/mol. The lowest BCUT2D eigenvalue weighted by molar-refractivity contribution is -0.115. The summed E-state index contributed by atoms with van der Waals surface area (Å²) in [6, 6.07) is 6.87. The number of nitrogens with one attached hydrogen (secondary N) is 2. The van der Waals surface area contributed by atoms with Gasteiger partial charge in [0.2, 0.25) is 5.91 Å². The molecule has 0 unspecified atom stereocenters. The van der Waals surface area contributed by atoms with Crippen molar-refractivity contribution in [1.82, 2.24) is 10.2 Å². The third-order valence-electron chi connectivity index (χ3n) is 2.14. The highest BCUT2D eigenvalue weighted by molar-refractivity contribution is 5.97. The molecule has 0 aliphatic heterocycles. The van der Waals surface area contributed by atoms with Gasteiger partial charge in [-0.2, -0.15) is 0 Å². The van der Waals surface area contributed by atoms with Crippen LogP contribution in [0.1, 0.15) is 10.4 Å². The van der Waals surface area contributed by atoms with Crippen molar-refractivity contribution in [2.24, 2.45) is 0 Å². The summed E-state index contributed by atoms with van der Waals surface area (Å²) in [7, 11) is 5.08. The van der Waals surface area contributed by atoms with Gasteiger partial charge in [0.05, 0.1) is 6.54 Å². The minimum Gasteiger partial charge on any atom is -0.345 e. The molecule has 1 rings (SSSR count). The lowest BCUT2D eigenvalue weighted by Crippen LogP contribution is -2.25. The summed E-state index contributed by atoms with van der Waals surface area (Å²) in [6.45, 7) is 0.242. The molecule has 5 heteroatoms. The molecule has 0 spiro atoms. The molecule has 2 N–H and O–H groups in total. The zero-order chi connectivity index (χ0) is 12.8. The van der Waals surface area contributed by atoms with Gasteiger partial charge in [-0.1, -0.05) is 6.07 Å². The number of benzene rings is 1. The van der Waals surface area contributed by atoms with E-state index in [1.807, 2.05) is 0 Å². The van der Waals surface area contributed by atoms with Crippen LogP contribution in [-0.4, -0.2) is 44.4 Å². The van der Waals surface area contributed by atoms with Crippen LogP contribution < -0.4 is 10.6 Å². The fraction of sp³-hybridized carbons (Fsp3) is 0.333. The second-order valence-corrected chi connectivity index (χ2v) is 3.86. The molecule has 0 heterocycles. The summed E-state index contributed by atoms with van der Waals surface area (Å²) in [5.41, 5.74) is 1.18. The number of hydrogen-bond acceptors (Lipinski definition) is 3. The summed E-state index contributed by atoms with van der Waals surface area (Å²) in [6.07, 6.45) is 0. The number of likely N-dealkylation sites (N-methyl/N-ethyl adjacent to an activating group) is 1. The average molecular weight is 235 g/mol. The fourth-order valence-corrected chi connectivity index (χ4v) is 1.35. The Kier molecular flexibility index (Phi) is 4.66. The number of amides is 2. The third-order valence-corrected chi connectivity index (χ3v) is 2.14. The molecule has 0 saturated carbocycles. The van der Waals surface area contributed by atoms with Crippen molar-refractivity contribution in [3.05, 3.63) is 29.8 Å². The minimum absolute atomic E-state index is 0.0882. The van der Waals surface area contributed by atoms with Gasteiger partial charge in [0, 0.05) is 25.3 Å². The van der Waals surface area contributed by atoms with Crippen molar-refractivity contribution in [3.63, 3.8) is 0 Å². The first-order valence-corrected chi connectivity index (χ1v) is 5.30. The molecule has 1 aromatic carbocycles. The van der Waals surface area contributed by atoms with Gasteiger partial charge in [-0.05, 0) is 25.2 Å². The molecule has 2 amide bonds. The molecule has 92 valence electrons. The summed E-state index contributed by atoms with van der Waals surface area (Å²) >= 11 is 0. The molecule has 5 nitrogen and oxygen atoms in total. The highest BCUT2D eigenvalue weighted by atomic mass is 16.2. The number of hydrogen-bond donors (Lipinski definition) is 2. The maximum absolute atomic E-state index is 11.7. The summed E-state index contributed by atoms with van der Waals surface area (Å²) < 4.78 is 0. The van der Waals surface area contributed by atoms with E-state index >= 15 is 0 Å². The van der Waals surface area contributed by atoms with Crippen molar-refractivity contribution in [2.75, 3.05) is 33.0 Å². The molecule has 0 aromatic heterocycles. The predicted octanol–water partition coefficient (Wildman–Crippen LogP) is 0.546. The molecule has 0 atom stereocenters. The highest BCUT2D eigenvalue weighted by Crippen LogP contribution is 2.11. The van der Waals surface area contributed by atoms with E-state index < -0.39 is 0 Å². The van der Waals surface area contributed by atoms with E-state index in [2.05, 4.69) is 10.6 Å². The molecule has 0 fully saturated rings. The fourth-order valence-electron chi connectivity index (χ4n) is 1.35. The molecule has 0 aliphatic carbocycles. The topological polar surface area (TPSA) is 61.4 Å². The van der Waals surface area contributed by atoms with Crippen LogP contribution in [0.2, 0.25) is 0 Å². The number of carbonyl (C=O) groups is 2. The van der Waals surface area contributed by atoms with E-state index in [0.29, 0.717) is 11.3 Å². The molecular formula is C12H17N3O2. The Balaban J connectivity index is 2.79. The van der Waals surface area contributed by atoms with Gasteiger partial charge in [-0.15, -0.1) is 0 Å². The first kappa shape index (κ1) is 13.2. The van der Waals surface area contributed by atoms with E-state index in [1.165, 1.54) is 4.90 Å². The first-order valence-electron chi connectivity index (χ1n) is 5.30. The van der Waals surface area contributed by atoms with Gasteiger partial charge in [0.1, 0.15) is 0 Å². The SMILES string of the molecule is CNCC(=O)Nc1cccc(C(=O)N(C)C)c1. The Morgan fingerprint density at radius 1 is 1.29 bits per heavy atom. The van der Waals surface area contributed by atoms with Crippen molar-refractivity contribution >= 4 is 17.5 Å². The average Bonchev–Trinajstić information content (AvgIpc) is 2.28. The van der Waals surface area contributed by atoms with E-state index in [4.69, 9.17) is 0 Å². The van der Waals surface area contributed by atoms with Crippen LogP contribution in [0.4, 0.5) is 5.69 Å². The van der Waals surface area contributed by atoms with Gasteiger partial charge < -0.3 is 15.5 Å². The molecule has 17 heavy (non-hydrogen) atoms. The van der Waals surface area contributed by atoms with Crippen LogP contribution in [0.5, 0.6) is 0 Å². The van der Waals surface area contributed by atoms with E-state index in [9.17, 15) is 9.59 Å². The zero-order valence-corrected chi connectivity index (χ0v) is 10.3. The van der Waals surface area contributed by atoms with Crippen molar-refractivity contribution in [2.45, 2.75) is 0 Å². The second kappa shape index (κ2) is 6.00. The van der Waals surface area contributed by atoms with E-state index in [1.54, 1.807) is 45.4 Å². The standard InChI is InChI=1S/C12H17N3O2/c1-13-8-11(16)14-10-6-4-5-9(7-10)12(17)15(2)3/h4-7,13H,8H2,1-3H3,(H,14,16). The Labute approximate surface area is 101 Å². The second-order valence-electron chi connectivity index (χ2n) is 3.86. The lowest BCUT2D eigenvalue weighted by atomic mass is 10.2. The van der Waals surface area contributed by atoms with E-state index in [0.717, 1.165) is 0 Å². The smallest absolute Gasteiger partial charge is 0.253 e. The molecule has 0 aliphatic rings. The molecule has 1 aromatic rings. The van der Waals surface area contributed by atoms with Crippen LogP contribution in [0.15, 0.2) is 24.3 Å². The van der Waals surface area contributed by atoms with Crippen molar-refractivity contribution in [3.8, 4) is 0 Å². The maximum atomic E-state index is 11.7. The Bertz CT molecular complexity index is 416. The van der Waals surface area contributed by atoms with Crippen LogP contribution in [0.25, 0.3) is 0 Å². The van der Waals surface area contributed by atoms with Gasteiger partial charge >= 0.3 is 0 Å². The first-order chi connectivity index (χ1) is 8.04. The van der Waals surface area contributed by atoms with Gasteiger partial charge in [0.15, 0.2) is 0 Å². The third kappa shape index (κ3) is 3.88. The van der Waals surface area contributed by atoms with Crippen molar-refractivity contribution < 1.29 is 9.59 Å². The number of anilines is 1. The van der Waals surface area contributed by atoms with Crippen LogP contribution >= 0.6 is 0 Å². The summed E-state index contributed by atoms with van der Waals surface area (Å²) in [5, 5.41) is 5.46. The number of carbonyl (C=O) groups excluding carboxylic acids is 2. The molecule has 0 saturated heterocycles. The Morgan fingerprint density at radius 2 is 2.00 bits per heavy atom. The zero-order valence-electron chi connectivity index (χ0n) is 10.3. The largest absolute Gasteiger partial charge is 0.345 e. The summed E-state index contributed by atoms with van der Waals surface area (Å²) in [4.78, 5) is 24.6. The maximum Gasteiger partial charge on any atom is 0.253 e. The number of rotatable bonds is 4. The lowest BCUT2D eigenvalue weighted by Gasteiger charge is -2.11. The minimum atomic E-state index is -0.137. The van der Waals surface area contributed by atoms with E-state index in [-0.39, 0.29) is 18.4 Å². The van der Waals surface area contributed by atoms with Gasteiger partial charge in [-0.3, -0.25) is 9.59 Å². The monoisotopic (exact) mass is 235 g/mol. The quantitative estimate of drug-likeness (QED) is 0.801. The molecular weight excluding hydrogens is 218 g/mol. The number of nitrogens with zero attached hydrogens (tertiary/aromatic N) is 1. The van der Waals surface area contributed by atoms with Crippen LogP contribution in [0, 0.1) is 0 Å². The normalized spacial score (nSPS) is 9.82. The highest BCUT2D eigenvalue weighted by Gasteiger charge is 2.08. The van der Waals surface area contributed by atoms with Crippen molar-refractivity contribution in [1.29, 1.82) is 0 Å².